The second kappa shape index (κ2) is 5.97. The lowest BCUT2D eigenvalue weighted by molar-refractivity contribution is -0.141. The topological polar surface area (TPSA) is 40.5 Å². The van der Waals surface area contributed by atoms with Crippen molar-refractivity contribution in [1.82, 2.24) is 4.90 Å². The lowest BCUT2D eigenvalue weighted by atomic mass is 10.1. The fourth-order valence-electron chi connectivity index (χ4n) is 1.57. The molecule has 78 valence electrons. The van der Waals surface area contributed by atoms with Gasteiger partial charge in [-0.3, -0.25) is 4.79 Å². The Bertz CT molecular complexity index is 155. The molecule has 0 radical (unpaired) electrons. The number of hydrogen-bond donors (Lipinski definition) is 1. The molecule has 0 aliphatic heterocycles. The Morgan fingerprint density at radius 1 is 1.38 bits per heavy atom. The molecule has 1 N–H and O–H groups in total. The molecule has 0 aliphatic rings. The summed E-state index contributed by atoms with van der Waals surface area (Å²) in [4.78, 5) is 12.7. The largest absolute Gasteiger partial charge is 0.481 e. The Hall–Kier alpha value is -0.570. The van der Waals surface area contributed by atoms with Gasteiger partial charge in [-0.1, -0.05) is 20.8 Å². The molecule has 0 saturated carbocycles. The molecular formula is C10H21NO2. The fourth-order valence-corrected chi connectivity index (χ4v) is 1.57. The highest BCUT2D eigenvalue weighted by Gasteiger charge is 2.17. The van der Waals surface area contributed by atoms with Gasteiger partial charge in [0.05, 0.1) is 5.92 Å². The van der Waals surface area contributed by atoms with Gasteiger partial charge in [0.15, 0.2) is 0 Å². The zero-order valence-electron chi connectivity index (χ0n) is 9.08. The van der Waals surface area contributed by atoms with E-state index in [1.165, 1.54) is 0 Å². The van der Waals surface area contributed by atoms with Gasteiger partial charge in [-0.2, -0.15) is 0 Å². The molecule has 0 aromatic carbocycles. The standard InChI is InChI=1S/C10H21NO2/c1-5-9(6-2)11(4)7-8(3)10(12)13/h8-9H,5-7H2,1-4H3,(H,12,13). The molecule has 1 unspecified atom stereocenters. The van der Waals surface area contributed by atoms with Gasteiger partial charge in [0.25, 0.3) is 0 Å². The van der Waals surface area contributed by atoms with Gasteiger partial charge in [0.1, 0.15) is 0 Å². The van der Waals surface area contributed by atoms with Crippen LogP contribution >= 0.6 is 0 Å². The Morgan fingerprint density at radius 2 is 1.85 bits per heavy atom. The molecule has 3 nitrogen and oxygen atoms in total. The first-order chi connectivity index (χ1) is 6.02. The lowest BCUT2D eigenvalue weighted by Gasteiger charge is -2.27. The molecule has 0 rings (SSSR count). The zero-order chi connectivity index (χ0) is 10.4. The zero-order valence-corrected chi connectivity index (χ0v) is 9.08. The van der Waals surface area contributed by atoms with Crippen molar-refractivity contribution in [3.8, 4) is 0 Å². The molecule has 3 heteroatoms. The fraction of sp³-hybridized carbons (Fsp3) is 0.900. The van der Waals surface area contributed by atoms with Gasteiger partial charge in [0, 0.05) is 12.6 Å². The van der Waals surface area contributed by atoms with E-state index in [1.54, 1.807) is 6.92 Å². The van der Waals surface area contributed by atoms with Crippen LogP contribution in [0, 0.1) is 5.92 Å². The third-order valence-corrected chi connectivity index (χ3v) is 2.55. The quantitative estimate of drug-likeness (QED) is 0.689. The minimum Gasteiger partial charge on any atom is -0.481 e. The molecule has 0 aliphatic carbocycles. The van der Waals surface area contributed by atoms with E-state index in [-0.39, 0.29) is 5.92 Å². The molecule has 0 bridgehead atoms. The van der Waals surface area contributed by atoms with Gasteiger partial charge in [-0.15, -0.1) is 0 Å². The maximum Gasteiger partial charge on any atom is 0.307 e. The first-order valence-corrected chi connectivity index (χ1v) is 4.95. The van der Waals surface area contributed by atoms with Crippen LogP contribution in [0.5, 0.6) is 0 Å². The predicted molar refractivity (Wildman–Crippen MR) is 53.8 cm³/mol. The Balaban J connectivity index is 3.96. The van der Waals surface area contributed by atoms with E-state index in [0.717, 1.165) is 12.8 Å². The van der Waals surface area contributed by atoms with Crippen LogP contribution in [0.2, 0.25) is 0 Å². The highest BCUT2D eigenvalue weighted by atomic mass is 16.4. The van der Waals surface area contributed by atoms with Crippen molar-refractivity contribution in [3.05, 3.63) is 0 Å². The summed E-state index contributed by atoms with van der Waals surface area (Å²) in [5.41, 5.74) is 0. The molecule has 0 spiro atoms. The van der Waals surface area contributed by atoms with Gasteiger partial charge < -0.3 is 10.0 Å². The first kappa shape index (κ1) is 12.4. The Morgan fingerprint density at radius 3 is 2.15 bits per heavy atom. The van der Waals surface area contributed by atoms with Crippen molar-refractivity contribution in [2.75, 3.05) is 13.6 Å². The van der Waals surface area contributed by atoms with Gasteiger partial charge in [0.2, 0.25) is 0 Å². The van der Waals surface area contributed by atoms with Crippen LogP contribution in [-0.2, 0) is 4.79 Å². The summed E-state index contributed by atoms with van der Waals surface area (Å²) in [5.74, 6) is -0.983. The van der Waals surface area contributed by atoms with E-state index < -0.39 is 5.97 Å². The number of nitrogens with zero attached hydrogens (tertiary/aromatic N) is 1. The number of aliphatic carboxylic acids is 1. The van der Waals surface area contributed by atoms with Gasteiger partial charge in [-0.25, -0.2) is 0 Å². The number of hydrogen-bond acceptors (Lipinski definition) is 2. The molecule has 1 atom stereocenters. The molecule has 0 aromatic rings. The second-order valence-electron chi connectivity index (χ2n) is 3.65. The molecule has 0 saturated heterocycles. The van der Waals surface area contributed by atoms with Crippen molar-refractivity contribution >= 4 is 5.97 Å². The van der Waals surface area contributed by atoms with Crippen molar-refractivity contribution in [2.45, 2.75) is 39.7 Å². The van der Waals surface area contributed by atoms with Crippen molar-refractivity contribution < 1.29 is 9.90 Å². The van der Waals surface area contributed by atoms with E-state index in [2.05, 4.69) is 18.7 Å². The molecule has 0 aromatic heterocycles. The summed E-state index contributed by atoms with van der Waals surface area (Å²) in [6.45, 7) is 6.66. The SMILES string of the molecule is CCC(CC)N(C)CC(C)C(=O)O. The van der Waals surface area contributed by atoms with E-state index in [9.17, 15) is 4.79 Å². The third-order valence-electron chi connectivity index (χ3n) is 2.55. The van der Waals surface area contributed by atoms with E-state index in [1.807, 2.05) is 7.05 Å². The summed E-state index contributed by atoms with van der Waals surface area (Å²) in [6, 6.07) is 0.516. The van der Waals surface area contributed by atoms with Gasteiger partial charge in [-0.05, 0) is 19.9 Å². The summed E-state index contributed by atoms with van der Waals surface area (Å²) >= 11 is 0. The normalized spacial score (nSPS) is 13.7. The van der Waals surface area contributed by atoms with Gasteiger partial charge >= 0.3 is 5.97 Å². The molecule has 0 heterocycles. The molecule has 13 heavy (non-hydrogen) atoms. The first-order valence-electron chi connectivity index (χ1n) is 4.95. The number of rotatable bonds is 6. The average molecular weight is 187 g/mol. The Kier molecular flexibility index (Phi) is 5.71. The maximum atomic E-state index is 10.6. The van der Waals surface area contributed by atoms with Crippen LogP contribution < -0.4 is 0 Å². The van der Waals surface area contributed by atoms with Crippen LogP contribution in [0.15, 0.2) is 0 Å². The van der Waals surface area contributed by atoms with Crippen LogP contribution in [0.1, 0.15) is 33.6 Å². The summed E-state index contributed by atoms with van der Waals surface area (Å²) in [6.07, 6.45) is 2.17. The average Bonchev–Trinajstić information content (AvgIpc) is 2.06. The second-order valence-corrected chi connectivity index (χ2v) is 3.65. The predicted octanol–water partition coefficient (Wildman–Crippen LogP) is 1.83. The molecule has 0 fully saturated rings. The molecule has 0 amide bonds. The monoisotopic (exact) mass is 187 g/mol. The highest BCUT2D eigenvalue weighted by molar-refractivity contribution is 5.69. The maximum absolute atomic E-state index is 10.6. The van der Waals surface area contributed by atoms with Crippen LogP contribution in [0.3, 0.4) is 0 Å². The van der Waals surface area contributed by atoms with E-state index in [4.69, 9.17) is 5.11 Å². The minimum absolute atomic E-state index is 0.273. The minimum atomic E-state index is -0.710. The lowest BCUT2D eigenvalue weighted by Crippen LogP contribution is -2.36. The summed E-state index contributed by atoms with van der Waals surface area (Å²) < 4.78 is 0. The van der Waals surface area contributed by atoms with Crippen LogP contribution in [0.25, 0.3) is 0 Å². The van der Waals surface area contributed by atoms with Crippen molar-refractivity contribution in [3.63, 3.8) is 0 Å². The van der Waals surface area contributed by atoms with Crippen molar-refractivity contribution in [1.29, 1.82) is 0 Å². The smallest absolute Gasteiger partial charge is 0.307 e. The van der Waals surface area contributed by atoms with Crippen LogP contribution in [-0.4, -0.2) is 35.6 Å². The van der Waals surface area contributed by atoms with Crippen molar-refractivity contribution in [2.24, 2.45) is 5.92 Å². The summed E-state index contributed by atoms with van der Waals surface area (Å²) in [5, 5.41) is 8.73. The number of carboxylic acids is 1. The van der Waals surface area contributed by atoms with E-state index in [0.29, 0.717) is 12.6 Å². The highest BCUT2D eigenvalue weighted by Crippen LogP contribution is 2.08. The van der Waals surface area contributed by atoms with E-state index >= 15 is 0 Å². The Labute approximate surface area is 80.7 Å². The molecular weight excluding hydrogens is 166 g/mol. The number of carbonyl (C=O) groups is 1. The number of carboxylic acid groups (broad SMARTS) is 1. The third kappa shape index (κ3) is 4.27. The summed E-state index contributed by atoms with van der Waals surface area (Å²) in [7, 11) is 2.00. The van der Waals surface area contributed by atoms with Crippen LogP contribution in [0.4, 0.5) is 0 Å².